The molecule has 0 fully saturated rings. The number of unbranched alkanes of at least 4 members (excludes halogenated alkanes) is 1. The second-order valence-electron chi connectivity index (χ2n) is 4.73. The van der Waals surface area contributed by atoms with Crippen LogP contribution in [0.3, 0.4) is 0 Å². The highest BCUT2D eigenvalue weighted by molar-refractivity contribution is 9.09. The van der Waals surface area contributed by atoms with Crippen LogP contribution in [0.25, 0.3) is 21.8 Å². The Morgan fingerprint density at radius 3 is 2.58 bits per heavy atom. The summed E-state index contributed by atoms with van der Waals surface area (Å²) in [5, 5.41) is 3.35. The van der Waals surface area contributed by atoms with Crippen LogP contribution in [0.2, 0.25) is 0 Å². The number of nitrogens with zero attached hydrogens (tertiary/aromatic N) is 1. The molecule has 1 aromatic heterocycles. The Balaban J connectivity index is 2.21. The second kappa shape index (κ2) is 5.33. The summed E-state index contributed by atoms with van der Waals surface area (Å²) in [5.41, 5.74) is 2.19. The van der Waals surface area contributed by atoms with Gasteiger partial charge in [0.2, 0.25) is 0 Å². The molecule has 0 atom stereocenters. The van der Waals surface area contributed by atoms with E-state index in [1.807, 2.05) is 18.2 Å². The van der Waals surface area contributed by atoms with Crippen LogP contribution in [-0.2, 0) is 6.54 Å². The summed E-state index contributed by atoms with van der Waals surface area (Å²) in [6.07, 6.45) is 2.22. The summed E-state index contributed by atoms with van der Waals surface area (Å²) < 4.78 is 15.7. The van der Waals surface area contributed by atoms with Crippen molar-refractivity contribution < 1.29 is 4.39 Å². The minimum Gasteiger partial charge on any atom is -0.340 e. The molecular formula is C16H15BrFN. The molecule has 3 rings (SSSR count). The van der Waals surface area contributed by atoms with Crippen LogP contribution in [0.1, 0.15) is 12.8 Å². The first kappa shape index (κ1) is 12.7. The molecule has 1 nitrogen and oxygen atoms in total. The lowest BCUT2D eigenvalue weighted by Gasteiger charge is -2.06. The number of para-hydroxylation sites is 1. The average Bonchev–Trinajstić information content (AvgIpc) is 2.73. The predicted octanol–water partition coefficient (Wildman–Crippen LogP) is 5.11. The maximum atomic E-state index is 13.5. The third kappa shape index (κ3) is 2.27. The molecule has 0 unspecified atom stereocenters. The Bertz CT molecular complexity index is 717. The molecule has 0 saturated carbocycles. The lowest BCUT2D eigenvalue weighted by Crippen LogP contribution is -1.98. The number of hydrogen-bond acceptors (Lipinski definition) is 0. The molecule has 0 spiro atoms. The van der Waals surface area contributed by atoms with Crippen LogP contribution >= 0.6 is 15.9 Å². The van der Waals surface area contributed by atoms with E-state index in [4.69, 9.17) is 0 Å². The molecule has 0 aliphatic rings. The van der Waals surface area contributed by atoms with Gasteiger partial charge in [-0.2, -0.15) is 0 Å². The van der Waals surface area contributed by atoms with E-state index in [2.05, 4.69) is 32.6 Å². The normalized spacial score (nSPS) is 11.5. The topological polar surface area (TPSA) is 4.93 Å². The van der Waals surface area contributed by atoms with E-state index < -0.39 is 0 Å². The summed E-state index contributed by atoms with van der Waals surface area (Å²) in [6.45, 7) is 0.930. The van der Waals surface area contributed by atoms with Gasteiger partial charge in [0.1, 0.15) is 5.82 Å². The van der Waals surface area contributed by atoms with Gasteiger partial charge in [-0.1, -0.05) is 34.1 Å². The number of alkyl halides is 1. The van der Waals surface area contributed by atoms with Gasteiger partial charge in [-0.25, -0.2) is 4.39 Å². The van der Waals surface area contributed by atoms with Gasteiger partial charge >= 0.3 is 0 Å². The quantitative estimate of drug-likeness (QED) is 0.465. The SMILES string of the molecule is Fc1ccc2c3ccccc3n(CCCCBr)c2c1. The van der Waals surface area contributed by atoms with E-state index in [9.17, 15) is 4.39 Å². The van der Waals surface area contributed by atoms with E-state index in [0.717, 1.165) is 35.6 Å². The van der Waals surface area contributed by atoms with E-state index in [1.54, 1.807) is 6.07 Å². The molecule has 0 aliphatic heterocycles. The largest absolute Gasteiger partial charge is 0.340 e. The summed E-state index contributed by atoms with van der Waals surface area (Å²) in [6, 6.07) is 13.4. The van der Waals surface area contributed by atoms with Crippen molar-refractivity contribution in [2.24, 2.45) is 0 Å². The van der Waals surface area contributed by atoms with Crippen molar-refractivity contribution in [2.75, 3.05) is 5.33 Å². The molecule has 0 bridgehead atoms. The van der Waals surface area contributed by atoms with E-state index >= 15 is 0 Å². The van der Waals surface area contributed by atoms with Gasteiger partial charge < -0.3 is 4.57 Å². The maximum Gasteiger partial charge on any atom is 0.125 e. The fraction of sp³-hybridized carbons (Fsp3) is 0.250. The van der Waals surface area contributed by atoms with Crippen molar-refractivity contribution in [2.45, 2.75) is 19.4 Å². The predicted molar refractivity (Wildman–Crippen MR) is 82.4 cm³/mol. The van der Waals surface area contributed by atoms with Gasteiger partial charge in [0.15, 0.2) is 0 Å². The van der Waals surface area contributed by atoms with Crippen molar-refractivity contribution >= 4 is 37.7 Å². The number of hydrogen-bond donors (Lipinski definition) is 0. The van der Waals surface area contributed by atoms with E-state index in [-0.39, 0.29) is 5.82 Å². The number of fused-ring (bicyclic) bond motifs is 3. The Labute approximate surface area is 120 Å². The molecule has 0 N–H and O–H groups in total. The van der Waals surface area contributed by atoms with Crippen molar-refractivity contribution in [3.05, 3.63) is 48.3 Å². The minimum absolute atomic E-state index is 0.169. The van der Waals surface area contributed by atoms with Gasteiger partial charge in [-0.3, -0.25) is 0 Å². The van der Waals surface area contributed by atoms with Gasteiger partial charge in [0, 0.05) is 28.2 Å². The minimum atomic E-state index is -0.169. The second-order valence-corrected chi connectivity index (χ2v) is 5.52. The third-order valence-electron chi connectivity index (χ3n) is 3.50. The lowest BCUT2D eigenvalue weighted by atomic mass is 10.1. The summed E-state index contributed by atoms with van der Waals surface area (Å²) in [5.74, 6) is -0.169. The van der Waals surface area contributed by atoms with Gasteiger partial charge in [-0.05, 0) is 37.1 Å². The van der Waals surface area contributed by atoms with Crippen LogP contribution in [0.5, 0.6) is 0 Å². The third-order valence-corrected chi connectivity index (χ3v) is 4.06. The molecule has 0 aliphatic carbocycles. The van der Waals surface area contributed by atoms with Gasteiger partial charge in [0.05, 0.1) is 5.52 Å². The first-order valence-electron chi connectivity index (χ1n) is 6.54. The molecule has 0 radical (unpaired) electrons. The van der Waals surface area contributed by atoms with Crippen LogP contribution in [0.4, 0.5) is 4.39 Å². The molecule has 2 aromatic carbocycles. The molecular weight excluding hydrogens is 305 g/mol. The van der Waals surface area contributed by atoms with Crippen LogP contribution in [0.15, 0.2) is 42.5 Å². The zero-order chi connectivity index (χ0) is 13.2. The van der Waals surface area contributed by atoms with Crippen molar-refractivity contribution in [3.8, 4) is 0 Å². The molecule has 0 saturated heterocycles. The standard InChI is InChI=1S/C16H15BrFN/c17-9-3-4-10-19-15-6-2-1-5-13(15)14-8-7-12(18)11-16(14)19/h1-2,5-8,11H,3-4,9-10H2. The zero-order valence-corrected chi connectivity index (χ0v) is 12.2. The fourth-order valence-corrected chi connectivity index (χ4v) is 3.02. The maximum absolute atomic E-state index is 13.5. The Morgan fingerprint density at radius 1 is 0.947 bits per heavy atom. The molecule has 3 aromatic rings. The van der Waals surface area contributed by atoms with E-state index in [1.165, 1.54) is 17.0 Å². The van der Waals surface area contributed by atoms with E-state index in [0.29, 0.717) is 0 Å². The highest BCUT2D eigenvalue weighted by Crippen LogP contribution is 2.29. The first-order chi connectivity index (χ1) is 9.31. The first-order valence-corrected chi connectivity index (χ1v) is 7.66. The van der Waals surface area contributed by atoms with Crippen LogP contribution in [-0.4, -0.2) is 9.90 Å². The summed E-state index contributed by atoms with van der Waals surface area (Å²) >= 11 is 3.46. The Hall–Kier alpha value is -1.35. The Morgan fingerprint density at radius 2 is 1.74 bits per heavy atom. The lowest BCUT2D eigenvalue weighted by molar-refractivity contribution is 0.626. The number of aromatic nitrogens is 1. The monoisotopic (exact) mass is 319 g/mol. The Kier molecular flexibility index (Phi) is 3.56. The van der Waals surface area contributed by atoms with Crippen molar-refractivity contribution in [1.82, 2.24) is 4.57 Å². The summed E-state index contributed by atoms with van der Waals surface area (Å²) in [4.78, 5) is 0. The number of halogens is 2. The smallest absolute Gasteiger partial charge is 0.125 e. The number of benzene rings is 2. The zero-order valence-electron chi connectivity index (χ0n) is 10.6. The highest BCUT2D eigenvalue weighted by Gasteiger charge is 2.10. The molecule has 1 heterocycles. The molecule has 3 heteroatoms. The number of aryl methyl sites for hydroxylation is 1. The van der Waals surface area contributed by atoms with Crippen LogP contribution in [0, 0.1) is 5.82 Å². The van der Waals surface area contributed by atoms with Crippen LogP contribution < -0.4 is 0 Å². The molecule has 0 amide bonds. The average molecular weight is 320 g/mol. The summed E-state index contributed by atoms with van der Waals surface area (Å²) in [7, 11) is 0. The molecule has 98 valence electrons. The number of rotatable bonds is 4. The highest BCUT2D eigenvalue weighted by atomic mass is 79.9. The molecule has 19 heavy (non-hydrogen) atoms. The van der Waals surface area contributed by atoms with Gasteiger partial charge in [0.25, 0.3) is 0 Å². The fourth-order valence-electron chi connectivity index (χ4n) is 2.63. The van der Waals surface area contributed by atoms with Crippen molar-refractivity contribution in [3.63, 3.8) is 0 Å². The van der Waals surface area contributed by atoms with Gasteiger partial charge in [-0.15, -0.1) is 0 Å². The van der Waals surface area contributed by atoms with Crippen molar-refractivity contribution in [1.29, 1.82) is 0 Å².